The van der Waals surface area contributed by atoms with Crippen molar-refractivity contribution < 1.29 is 13.6 Å². The summed E-state index contributed by atoms with van der Waals surface area (Å²) in [6, 6.07) is 14.9. The molecule has 0 aliphatic heterocycles. The second-order valence-electron chi connectivity index (χ2n) is 5.30. The molecule has 0 fully saturated rings. The quantitative estimate of drug-likeness (QED) is 0.738. The van der Waals surface area contributed by atoms with Crippen molar-refractivity contribution in [2.45, 2.75) is 0 Å². The largest absolute Gasteiger partial charge is 0.349 e. The van der Waals surface area contributed by atoms with E-state index in [1.165, 1.54) is 30.5 Å². The van der Waals surface area contributed by atoms with Gasteiger partial charge in [-0.15, -0.1) is 0 Å². The van der Waals surface area contributed by atoms with Crippen molar-refractivity contribution in [2.75, 3.05) is 10.6 Å². The van der Waals surface area contributed by atoms with E-state index in [0.29, 0.717) is 16.9 Å². The van der Waals surface area contributed by atoms with Crippen LogP contribution in [0, 0.1) is 23.0 Å². The summed E-state index contributed by atoms with van der Waals surface area (Å²) in [4.78, 5) is 16.2. The number of anilines is 3. The maximum atomic E-state index is 13.6. The summed E-state index contributed by atoms with van der Waals surface area (Å²) in [5.41, 5.74) is 1.04. The number of carbonyl (C=O) groups is 1. The lowest BCUT2D eigenvalue weighted by molar-refractivity contribution is 0.102. The minimum atomic E-state index is -0.732. The number of nitrogens with one attached hydrogen (secondary N) is 2. The van der Waals surface area contributed by atoms with Crippen LogP contribution in [-0.2, 0) is 0 Å². The number of hydrogen-bond acceptors (Lipinski definition) is 4. The van der Waals surface area contributed by atoms with Gasteiger partial charge in [-0.25, -0.2) is 13.8 Å². The molecule has 1 heterocycles. The van der Waals surface area contributed by atoms with Gasteiger partial charge in [0.15, 0.2) is 0 Å². The van der Waals surface area contributed by atoms with Crippen molar-refractivity contribution >= 4 is 23.0 Å². The molecule has 0 radical (unpaired) electrons. The summed E-state index contributed by atoms with van der Waals surface area (Å²) in [7, 11) is 0. The number of rotatable bonds is 4. The summed E-state index contributed by atoms with van der Waals surface area (Å²) in [5.74, 6) is -1.93. The molecule has 0 aliphatic rings. The van der Waals surface area contributed by atoms with E-state index in [-0.39, 0.29) is 11.4 Å². The van der Waals surface area contributed by atoms with Crippen LogP contribution in [0.3, 0.4) is 0 Å². The van der Waals surface area contributed by atoms with Gasteiger partial charge in [-0.1, -0.05) is 12.1 Å². The number of carbonyl (C=O) groups excluding carboxylic acids is 1. The van der Waals surface area contributed by atoms with E-state index >= 15 is 0 Å². The zero-order chi connectivity index (χ0) is 18.5. The molecule has 0 saturated heterocycles. The van der Waals surface area contributed by atoms with Crippen LogP contribution in [-0.4, -0.2) is 10.9 Å². The molecule has 7 heteroatoms. The Bertz CT molecular complexity index is 977. The first-order valence-corrected chi connectivity index (χ1v) is 7.55. The van der Waals surface area contributed by atoms with Gasteiger partial charge in [0.2, 0.25) is 0 Å². The SMILES string of the molecule is N#Cc1cccc(NC(=O)c2ccc(Nc3c(F)cccc3F)cn2)c1. The number of pyridine rings is 1. The Morgan fingerprint density at radius 3 is 2.38 bits per heavy atom. The molecule has 0 saturated carbocycles. The lowest BCUT2D eigenvalue weighted by Crippen LogP contribution is -2.13. The van der Waals surface area contributed by atoms with Crippen molar-refractivity contribution in [3.05, 3.63) is 83.7 Å². The van der Waals surface area contributed by atoms with Crippen LogP contribution in [0.2, 0.25) is 0 Å². The van der Waals surface area contributed by atoms with E-state index in [9.17, 15) is 13.6 Å². The molecule has 128 valence electrons. The fourth-order valence-electron chi connectivity index (χ4n) is 2.23. The average molecular weight is 350 g/mol. The first-order chi connectivity index (χ1) is 12.6. The topological polar surface area (TPSA) is 77.8 Å². The van der Waals surface area contributed by atoms with Crippen LogP contribution >= 0.6 is 0 Å². The van der Waals surface area contributed by atoms with Crippen LogP contribution in [0.4, 0.5) is 25.8 Å². The van der Waals surface area contributed by atoms with Crippen LogP contribution in [0.15, 0.2) is 60.8 Å². The number of aromatic nitrogens is 1. The first kappa shape index (κ1) is 17.0. The van der Waals surface area contributed by atoms with Gasteiger partial charge in [-0.2, -0.15) is 5.26 Å². The molecule has 1 amide bonds. The van der Waals surface area contributed by atoms with Crippen molar-refractivity contribution in [3.63, 3.8) is 0 Å². The fourth-order valence-corrected chi connectivity index (χ4v) is 2.23. The molecular weight excluding hydrogens is 338 g/mol. The smallest absolute Gasteiger partial charge is 0.274 e. The Morgan fingerprint density at radius 1 is 1.00 bits per heavy atom. The van der Waals surface area contributed by atoms with Crippen LogP contribution in [0.25, 0.3) is 0 Å². The highest BCUT2D eigenvalue weighted by atomic mass is 19.1. The van der Waals surface area contributed by atoms with E-state index in [4.69, 9.17) is 5.26 Å². The summed E-state index contributed by atoms with van der Waals surface area (Å²) in [5, 5.41) is 14.1. The van der Waals surface area contributed by atoms with Gasteiger partial charge in [0.25, 0.3) is 5.91 Å². The molecule has 26 heavy (non-hydrogen) atoms. The second kappa shape index (κ2) is 7.40. The molecule has 0 aliphatic carbocycles. The third kappa shape index (κ3) is 3.82. The van der Waals surface area contributed by atoms with E-state index in [1.54, 1.807) is 18.2 Å². The van der Waals surface area contributed by atoms with E-state index < -0.39 is 17.5 Å². The second-order valence-corrected chi connectivity index (χ2v) is 5.30. The summed E-state index contributed by atoms with van der Waals surface area (Å²) < 4.78 is 27.3. The highest BCUT2D eigenvalue weighted by Gasteiger charge is 2.11. The first-order valence-electron chi connectivity index (χ1n) is 7.55. The molecule has 2 aromatic carbocycles. The van der Waals surface area contributed by atoms with Crippen LogP contribution in [0.5, 0.6) is 0 Å². The number of halogens is 2. The van der Waals surface area contributed by atoms with Gasteiger partial charge in [0, 0.05) is 5.69 Å². The summed E-state index contributed by atoms with van der Waals surface area (Å²) in [6.45, 7) is 0. The third-order valence-electron chi connectivity index (χ3n) is 3.48. The Labute approximate surface area is 147 Å². The predicted octanol–water partition coefficient (Wildman–Crippen LogP) is 4.23. The van der Waals surface area contributed by atoms with Gasteiger partial charge in [-0.3, -0.25) is 4.79 Å². The Morgan fingerprint density at radius 2 is 1.73 bits per heavy atom. The summed E-state index contributed by atoms with van der Waals surface area (Å²) >= 11 is 0. The van der Waals surface area contributed by atoms with Gasteiger partial charge < -0.3 is 10.6 Å². The summed E-state index contributed by atoms with van der Waals surface area (Å²) in [6.07, 6.45) is 1.30. The Balaban J connectivity index is 1.73. The van der Waals surface area contributed by atoms with Crippen molar-refractivity contribution in [3.8, 4) is 6.07 Å². The molecule has 5 nitrogen and oxygen atoms in total. The minimum absolute atomic E-state index is 0.118. The van der Waals surface area contributed by atoms with Crippen molar-refractivity contribution in [1.29, 1.82) is 5.26 Å². The third-order valence-corrected chi connectivity index (χ3v) is 3.48. The molecule has 2 N–H and O–H groups in total. The monoisotopic (exact) mass is 350 g/mol. The number of para-hydroxylation sites is 1. The Kier molecular flexibility index (Phi) is 4.85. The molecule has 0 bridgehead atoms. The van der Waals surface area contributed by atoms with Gasteiger partial charge in [-0.05, 0) is 42.5 Å². The standard InChI is InChI=1S/C19H12F2N4O/c20-15-5-2-6-16(21)18(15)24-14-7-8-17(23-11-14)19(26)25-13-4-1-3-12(9-13)10-22/h1-9,11,24H,(H,25,26). The Hall–Kier alpha value is -3.79. The zero-order valence-corrected chi connectivity index (χ0v) is 13.3. The number of benzene rings is 2. The average Bonchev–Trinajstić information content (AvgIpc) is 2.65. The predicted molar refractivity (Wildman–Crippen MR) is 93.0 cm³/mol. The molecular formula is C19H12F2N4O. The molecule has 3 aromatic rings. The van der Waals surface area contributed by atoms with Crippen molar-refractivity contribution in [2.24, 2.45) is 0 Å². The number of nitriles is 1. The van der Waals surface area contributed by atoms with Crippen LogP contribution < -0.4 is 10.6 Å². The number of nitrogens with zero attached hydrogens (tertiary/aromatic N) is 2. The number of hydrogen-bond donors (Lipinski definition) is 2. The molecule has 1 aromatic heterocycles. The van der Waals surface area contributed by atoms with E-state index in [2.05, 4.69) is 15.6 Å². The van der Waals surface area contributed by atoms with Gasteiger partial charge >= 0.3 is 0 Å². The molecule has 3 rings (SSSR count). The lowest BCUT2D eigenvalue weighted by atomic mass is 10.2. The normalized spacial score (nSPS) is 10.0. The van der Waals surface area contributed by atoms with Crippen LogP contribution in [0.1, 0.15) is 16.1 Å². The lowest BCUT2D eigenvalue weighted by Gasteiger charge is -2.09. The molecule has 0 spiro atoms. The highest BCUT2D eigenvalue weighted by Crippen LogP contribution is 2.22. The van der Waals surface area contributed by atoms with E-state index in [0.717, 1.165) is 12.1 Å². The maximum Gasteiger partial charge on any atom is 0.274 e. The zero-order valence-electron chi connectivity index (χ0n) is 13.3. The van der Waals surface area contributed by atoms with E-state index in [1.807, 2.05) is 6.07 Å². The highest BCUT2D eigenvalue weighted by molar-refractivity contribution is 6.03. The minimum Gasteiger partial charge on any atom is -0.349 e. The van der Waals surface area contributed by atoms with Crippen molar-refractivity contribution in [1.82, 2.24) is 4.98 Å². The maximum absolute atomic E-state index is 13.6. The number of amides is 1. The molecule has 0 unspecified atom stereocenters. The fraction of sp³-hybridized carbons (Fsp3) is 0. The van der Waals surface area contributed by atoms with Gasteiger partial charge in [0.05, 0.1) is 23.5 Å². The van der Waals surface area contributed by atoms with Gasteiger partial charge in [0.1, 0.15) is 23.0 Å². The molecule has 0 atom stereocenters.